The van der Waals surface area contributed by atoms with Crippen LogP contribution in [0.4, 0.5) is 0 Å². The summed E-state index contributed by atoms with van der Waals surface area (Å²) >= 11 is 22.4. The molecule has 0 bridgehead atoms. The summed E-state index contributed by atoms with van der Waals surface area (Å²) in [5, 5.41) is -0.0829. The lowest BCUT2D eigenvalue weighted by Gasteiger charge is -2.14. The first-order valence-corrected chi connectivity index (χ1v) is 4.84. The lowest BCUT2D eigenvalue weighted by atomic mass is 10.2. The summed E-state index contributed by atoms with van der Waals surface area (Å²) < 4.78 is -1.23. The lowest BCUT2D eigenvalue weighted by Crippen LogP contribution is -2.11. The van der Waals surface area contributed by atoms with E-state index in [0.29, 0.717) is 6.42 Å². The molecule has 0 saturated heterocycles. The van der Waals surface area contributed by atoms with E-state index in [-0.39, 0.29) is 5.38 Å². The van der Waals surface area contributed by atoms with E-state index in [9.17, 15) is 0 Å². The molecule has 11 heavy (non-hydrogen) atoms. The van der Waals surface area contributed by atoms with Crippen molar-refractivity contribution in [3.63, 3.8) is 0 Å². The zero-order valence-electron chi connectivity index (χ0n) is 5.99. The number of alkyl halides is 4. The minimum atomic E-state index is -1.23. The molecule has 0 aliphatic carbocycles. The fourth-order valence-corrected chi connectivity index (χ4v) is 1.81. The molecular weight excluding hydrogens is 226 g/mol. The second-order valence-electron chi connectivity index (χ2n) is 2.28. The molecule has 0 fully saturated rings. The van der Waals surface area contributed by atoms with Gasteiger partial charge in [-0.1, -0.05) is 40.9 Å². The van der Waals surface area contributed by atoms with E-state index >= 15 is 0 Å². The minimum absolute atomic E-state index is 0.0829. The third-order valence-corrected chi connectivity index (χ3v) is 1.97. The van der Waals surface area contributed by atoms with Crippen molar-refractivity contribution in [3.8, 4) is 0 Å². The number of hydrogen-bond acceptors (Lipinski definition) is 0. The van der Waals surface area contributed by atoms with Crippen molar-refractivity contribution < 1.29 is 0 Å². The molecule has 0 nitrogen and oxygen atoms in total. The molecule has 0 spiro atoms. The largest absolute Gasteiger partial charge is 0.192 e. The maximum Gasteiger partial charge on any atom is 0.192 e. The molecule has 0 radical (unpaired) electrons. The van der Waals surface area contributed by atoms with Crippen LogP contribution in [0, 0.1) is 0 Å². The van der Waals surface area contributed by atoms with Gasteiger partial charge in [-0.3, -0.25) is 0 Å². The summed E-state index contributed by atoms with van der Waals surface area (Å²) in [5.74, 6) is 0. The molecule has 0 saturated carbocycles. The van der Waals surface area contributed by atoms with Crippen molar-refractivity contribution in [1.82, 2.24) is 0 Å². The predicted molar refractivity (Wildman–Crippen MR) is 54.0 cm³/mol. The van der Waals surface area contributed by atoms with Gasteiger partial charge in [0.25, 0.3) is 0 Å². The van der Waals surface area contributed by atoms with Crippen molar-refractivity contribution in [2.24, 2.45) is 0 Å². The quantitative estimate of drug-likeness (QED) is 0.503. The molecule has 0 aromatic carbocycles. The summed E-state index contributed by atoms with van der Waals surface area (Å²) in [6.45, 7) is 3.57. The highest BCUT2D eigenvalue weighted by Gasteiger charge is 2.23. The van der Waals surface area contributed by atoms with E-state index in [0.717, 1.165) is 12.8 Å². The number of hydrogen-bond donors (Lipinski definition) is 0. The molecular formula is C7H10Cl4. The Hall–Kier alpha value is 0.900. The van der Waals surface area contributed by atoms with Gasteiger partial charge in [-0.2, -0.15) is 0 Å². The molecule has 0 amide bonds. The van der Waals surface area contributed by atoms with Crippen LogP contribution in [-0.2, 0) is 0 Å². The maximum absolute atomic E-state index is 5.84. The van der Waals surface area contributed by atoms with Crippen molar-refractivity contribution in [2.75, 3.05) is 0 Å². The lowest BCUT2D eigenvalue weighted by molar-refractivity contribution is 0.709. The molecule has 0 heterocycles. The average molecular weight is 236 g/mol. The van der Waals surface area contributed by atoms with Crippen molar-refractivity contribution in [2.45, 2.75) is 28.4 Å². The van der Waals surface area contributed by atoms with Crippen LogP contribution in [0.25, 0.3) is 0 Å². The first-order chi connectivity index (χ1) is 4.95. The highest BCUT2D eigenvalue weighted by Crippen LogP contribution is 2.34. The second kappa shape index (κ2) is 5.53. The molecule has 0 rings (SSSR count). The Morgan fingerprint density at radius 3 is 2.27 bits per heavy atom. The normalized spacial score (nSPS) is 14.5. The van der Waals surface area contributed by atoms with Gasteiger partial charge in [0.2, 0.25) is 0 Å². The van der Waals surface area contributed by atoms with E-state index in [1.165, 1.54) is 0 Å². The third-order valence-electron chi connectivity index (χ3n) is 1.14. The van der Waals surface area contributed by atoms with Gasteiger partial charge in [-0.05, 0) is 12.8 Å². The molecule has 0 aliphatic heterocycles. The zero-order valence-corrected chi connectivity index (χ0v) is 9.02. The van der Waals surface area contributed by atoms with E-state index < -0.39 is 3.79 Å². The van der Waals surface area contributed by atoms with E-state index in [1.54, 1.807) is 6.08 Å². The van der Waals surface area contributed by atoms with Crippen molar-refractivity contribution in [3.05, 3.63) is 12.7 Å². The van der Waals surface area contributed by atoms with Gasteiger partial charge in [0.15, 0.2) is 3.79 Å². The molecule has 4 heteroatoms. The zero-order chi connectivity index (χ0) is 8.91. The van der Waals surface area contributed by atoms with Crippen LogP contribution in [0.5, 0.6) is 0 Å². The van der Waals surface area contributed by atoms with Gasteiger partial charge in [0.1, 0.15) is 0 Å². The third kappa shape index (κ3) is 8.81. The van der Waals surface area contributed by atoms with Crippen LogP contribution in [0.3, 0.4) is 0 Å². The summed E-state index contributed by atoms with van der Waals surface area (Å²) in [7, 11) is 0. The number of rotatable bonds is 4. The highest BCUT2D eigenvalue weighted by atomic mass is 35.6. The average Bonchev–Trinajstić information content (AvgIpc) is 1.79. The molecule has 1 unspecified atom stereocenters. The number of allylic oxidation sites excluding steroid dienone is 1. The van der Waals surface area contributed by atoms with Crippen molar-refractivity contribution in [1.29, 1.82) is 0 Å². The van der Waals surface area contributed by atoms with Crippen LogP contribution in [0.1, 0.15) is 19.3 Å². The minimum Gasteiger partial charge on any atom is -0.123 e. The molecule has 0 aliphatic rings. The van der Waals surface area contributed by atoms with Crippen LogP contribution in [-0.4, -0.2) is 9.17 Å². The second-order valence-corrected chi connectivity index (χ2v) is 5.42. The Balaban J connectivity index is 3.51. The Labute approximate surface area is 87.5 Å². The molecule has 66 valence electrons. The van der Waals surface area contributed by atoms with Crippen LogP contribution < -0.4 is 0 Å². The molecule has 1 atom stereocenters. The Morgan fingerprint density at radius 2 is 1.91 bits per heavy atom. The Bertz CT molecular complexity index is 116. The Kier molecular flexibility index (Phi) is 5.98. The fraction of sp³-hybridized carbons (Fsp3) is 0.714. The van der Waals surface area contributed by atoms with E-state index in [1.807, 2.05) is 0 Å². The topological polar surface area (TPSA) is 0 Å². The molecule has 0 aromatic heterocycles. The first kappa shape index (κ1) is 11.9. The summed E-state index contributed by atoms with van der Waals surface area (Å²) in [6.07, 6.45) is 3.84. The van der Waals surface area contributed by atoms with Gasteiger partial charge in [0.05, 0.1) is 0 Å². The summed E-state index contributed by atoms with van der Waals surface area (Å²) in [5.41, 5.74) is 0. The molecule has 0 N–H and O–H groups in total. The van der Waals surface area contributed by atoms with Crippen molar-refractivity contribution >= 4 is 46.4 Å². The fourth-order valence-electron chi connectivity index (χ4n) is 0.652. The predicted octanol–water partition coefficient (Wildman–Crippen LogP) is 4.32. The summed E-state index contributed by atoms with van der Waals surface area (Å²) in [6, 6.07) is 0. The van der Waals surface area contributed by atoms with Gasteiger partial charge in [0, 0.05) is 11.8 Å². The van der Waals surface area contributed by atoms with Crippen LogP contribution >= 0.6 is 46.4 Å². The van der Waals surface area contributed by atoms with Gasteiger partial charge >= 0.3 is 0 Å². The number of halogens is 4. The van der Waals surface area contributed by atoms with E-state index in [4.69, 9.17) is 46.4 Å². The summed E-state index contributed by atoms with van der Waals surface area (Å²) in [4.78, 5) is 0. The SMILES string of the molecule is C=CCCC(Cl)CC(Cl)(Cl)Cl. The monoisotopic (exact) mass is 234 g/mol. The van der Waals surface area contributed by atoms with E-state index in [2.05, 4.69) is 6.58 Å². The Morgan fingerprint density at radius 1 is 1.36 bits per heavy atom. The first-order valence-electron chi connectivity index (χ1n) is 3.27. The van der Waals surface area contributed by atoms with Gasteiger partial charge in [-0.25, -0.2) is 0 Å². The smallest absolute Gasteiger partial charge is 0.123 e. The molecule has 0 aromatic rings. The van der Waals surface area contributed by atoms with Gasteiger partial charge < -0.3 is 0 Å². The van der Waals surface area contributed by atoms with Crippen LogP contribution in [0.15, 0.2) is 12.7 Å². The van der Waals surface area contributed by atoms with Gasteiger partial charge in [-0.15, -0.1) is 18.2 Å². The van der Waals surface area contributed by atoms with Crippen LogP contribution in [0.2, 0.25) is 0 Å². The highest BCUT2D eigenvalue weighted by molar-refractivity contribution is 6.67. The maximum atomic E-state index is 5.84. The standard InChI is InChI=1S/C7H10Cl4/c1-2-3-4-6(8)5-7(9,10)11/h2,6H,1,3-5H2.